The molecule has 0 aliphatic carbocycles. The van der Waals surface area contributed by atoms with E-state index in [0.717, 1.165) is 12.1 Å². The maximum atomic E-state index is 13.3. The van der Waals surface area contributed by atoms with Gasteiger partial charge in [0.05, 0.1) is 16.6 Å². The molecule has 2 aromatic rings. The van der Waals surface area contributed by atoms with E-state index in [1.807, 2.05) is 0 Å². The molecule has 0 radical (unpaired) electrons. The zero-order valence-corrected chi connectivity index (χ0v) is 10.5. The Morgan fingerprint density at radius 2 is 2.10 bits per heavy atom. The molecule has 0 saturated carbocycles. The predicted molar refractivity (Wildman–Crippen MR) is 69.0 cm³/mol. The normalized spacial score (nSPS) is 9.85. The Kier molecular flexibility index (Phi) is 3.62. The number of halogens is 1. The minimum atomic E-state index is -0.644. The van der Waals surface area contributed by atoms with E-state index >= 15 is 0 Å². The Bertz CT molecular complexity index is 723. The number of benzene rings is 2. The SMILES string of the molecule is Cc1cccc(Oc2cc(F)cc(C#N)c2)c1[N+](=O)[O-]. The number of aryl methyl sites for hydroxylation is 1. The van der Waals surface area contributed by atoms with Gasteiger partial charge in [-0.1, -0.05) is 12.1 Å². The summed E-state index contributed by atoms with van der Waals surface area (Å²) in [6.45, 7) is 1.58. The van der Waals surface area contributed by atoms with Crippen LogP contribution in [-0.2, 0) is 0 Å². The van der Waals surface area contributed by atoms with E-state index in [0.29, 0.717) is 5.56 Å². The number of nitro groups is 1. The number of nitriles is 1. The molecule has 0 aliphatic rings. The first kappa shape index (κ1) is 13.5. The third kappa shape index (κ3) is 2.72. The van der Waals surface area contributed by atoms with E-state index < -0.39 is 10.7 Å². The van der Waals surface area contributed by atoms with E-state index in [4.69, 9.17) is 10.00 Å². The molecular weight excluding hydrogens is 263 g/mol. The third-order valence-corrected chi connectivity index (χ3v) is 2.61. The molecule has 6 heteroatoms. The van der Waals surface area contributed by atoms with Crippen LogP contribution < -0.4 is 4.74 Å². The molecule has 2 aromatic carbocycles. The van der Waals surface area contributed by atoms with Crippen molar-refractivity contribution in [1.29, 1.82) is 5.26 Å². The molecule has 0 unspecified atom stereocenters. The van der Waals surface area contributed by atoms with Gasteiger partial charge in [-0.25, -0.2) is 4.39 Å². The number of para-hydroxylation sites is 1. The molecule has 5 nitrogen and oxygen atoms in total. The third-order valence-electron chi connectivity index (χ3n) is 2.61. The van der Waals surface area contributed by atoms with E-state index in [9.17, 15) is 14.5 Å². The molecule has 0 aliphatic heterocycles. The van der Waals surface area contributed by atoms with Gasteiger partial charge in [-0.15, -0.1) is 0 Å². The van der Waals surface area contributed by atoms with E-state index in [1.54, 1.807) is 25.1 Å². The van der Waals surface area contributed by atoms with Crippen molar-refractivity contribution in [3.63, 3.8) is 0 Å². The molecular formula is C14H9FN2O3. The first-order chi connectivity index (χ1) is 9.51. The van der Waals surface area contributed by atoms with Crippen molar-refractivity contribution in [3.05, 3.63) is 63.5 Å². The van der Waals surface area contributed by atoms with Crippen LogP contribution in [0.2, 0.25) is 0 Å². The van der Waals surface area contributed by atoms with Crippen LogP contribution >= 0.6 is 0 Å². The molecule has 0 amide bonds. The quantitative estimate of drug-likeness (QED) is 0.630. The molecule has 20 heavy (non-hydrogen) atoms. The van der Waals surface area contributed by atoms with Gasteiger partial charge in [0.2, 0.25) is 5.75 Å². The van der Waals surface area contributed by atoms with Gasteiger partial charge in [-0.05, 0) is 25.1 Å². The summed E-state index contributed by atoms with van der Waals surface area (Å²) in [7, 11) is 0. The lowest BCUT2D eigenvalue weighted by atomic mass is 10.2. The number of rotatable bonds is 3. The summed E-state index contributed by atoms with van der Waals surface area (Å²) in [6, 6.07) is 9.82. The molecule has 0 spiro atoms. The lowest BCUT2D eigenvalue weighted by Gasteiger charge is -2.08. The van der Waals surface area contributed by atoms with Crippen LogP contribution in [0.25, 0.3) is 0 Å². The molecule has 0 fully saturated rings. The van der Waals surface area contributed by atoms with E-state index in [1.165, 1.54) is 12.1 Å². The Hall–Kier alpha value is -2.94. The molecule has 2 rings (SSSR count). The minimum Gasteiger partial charge on any atom is -0.450 e. The van der Waals surface area contributed by atoms with Gasteiger partial charge in [0, 0.05) is 11.6 Å². The van der Waals surface area contributed by atoms with Gasteiger partial charge in [-0.2, -0.15) is 5.26 Å². The standard InChI is InChI=1S/C14H9FN2O3/c1-9-3-2-4-13(14(9)17(18)19)20-12-6-10(8-16)5-11(15)7-12/h2-7H,1H3. The zero-order chi connectivity index (χ0) is 14.7. The number of nitro benzene ring substituents is 1. The van der Waals surface area contributed by atoms with Gasteiger partial charge < -0.3 is 4.74 Å². The van der Waals surface area contributed by atoms with Crippen LogP contribution in [0.1, 0.15) is 11.1 Å². The van der Waals surface area contributed by atoms with Crippen LogP contribution in [0.5, 0.6) is 11.5 Å². The molecule has 0 bridgehead atoms. The Morgan fingerprint density at radius 1 is 1.35 bits per heavy atom. The highest BCUT2D eigenvalue weighted by Gasteiger charge is 2.19. The highest BCUT2D eigenvalue weighted by atomic mass is 19.1. The number of hydrogen-bond acceptors (Lipinski definition) is 4. The van der Waals surface area contributed by atoms with Crippen LogP contribution in [0.15, 0.2) is 36.4 Å². The summed E-state index contributed by atoms with van der Waals surface area (Å²) in [6.07, 6.45) is 0. The van der Waals surface area contributed by atoms with Gasteiger partial charge in [-0.3, -0.25) is 10.1 Å². The Balaban J connectivity index is 2.46. The van der Waals surface area contributed by atoms with E-state index in [-0.39, 0.29) is 22.7 Å². The van der Waals surface area contributed by atoms with Gasteiger partial charge in [0.15, 0.2) is 0 Å². The van der Waals surface area contributed by atoms with Crippen molar-refractivity contribution in [2.45, 2.75) is 6.92 Å². The number of ether oxygens (including phenoxy) is 1. The summed E-state index contributed by atoms with van der Waals surface area (Å²) >= 11 is 0. The monoisotopic (exact) mass is 272 g/mol. The highest BCUT2D eigenvalue weighted by molar-refractivity contribution is 5.54. The fourth-order valence-corrected chi connectivity index (χ4v) is 1.76. The molecule has 0 atom stereocenters. The second kappa shape index (κ2) is 5.36. The second-order valence-corrected chi connectivity index (χ2v) is 4.07. The highest BCUT2D eigenvalue weighted by Crippen LogP contribution is 2.34. The van der Waals surface area contributed by atoms with Crippen molar-refractivity contribution >= 4 is 5.69 Å². The number of nitrogens with zero attached hydrogens (tertiary/aromatic N) is 2. The smallest absolute Gasteiger partial charge is 0.314 e. The van der Waals surface area contributed by atoms with Crippen molar-refractivity contribution in [1.82, 2.24) is 0 Å². The van der Waals surface area contributed by atoms with E-state index in [2.05, 4.69) is 0 Å². The number of hydrogen-bond donors (Lipinski definition) is 0. The van der Waals surface area contributed by atoms with Crippen LogP contribution in [0.3, 0.4) is 0 Å². The predicted octanol–water partition coefficient (Wildman–Crippen LogP) is 3.71. The topological polar surface area (TPSA) is 76.2 Å². The summed E-state index contributed by atoms with van der Waals surface area (Å²) < 4.78 is 18.6. The molecule has 0 aromatic heterocycles. The van der Waals surface area contributed by atoms with Crippen LogP contribution in [0.4, 0.5) is 10.1 Å². The van der Waals surface area contributed by atoms with Crippen molar-refractivity contribution in [3.8, 4) is 17.6 Å². The van der Waals surface area contributed by atoms with Gasteiger partial charge >= 0.3 is 5.69 Å². The largest absolute Gasteiger partial charge is 0.450 e. The fourth-order valence-electron chi connectivity index (χ4n) is 1.76. The zero-order valence-electron chi connectivity index (χ0n) is 10.5. The van der Waals surface area contributed by atoms with Crippen molar-refractivity contribution in [2.75, 3.05) is 0 Å². The lowest BCUT2D eigenvalue weighted by Crippen LogP contribution is -1.96. The molecule has 0 N–H and O–H groups in total. The van der Waals surface area contributed by atoms with Gasteiger partial charge in [0.25, 0.3) is 0 Å². The van der Waals surface area contributed by atoms with Gasteiger partial charge in [0.1, 0.15) is 11.6 Å². The average Bonchev–Trinajstić information content (AvgIpc) is 2.37. The Labute approximate surface area is 114 Å². The molecule has 0 heterocycles. The summed E-state index contributed by atoms with van der Waals surface area (Å²) in [5.74, 6) is -0.603. The van der Waals surface area contributed by atoms with Crippen molar-refractivity contribution in [2.24, 2.45) is 0 Å². The first-order valence-corrected chi connectivity index (χ1v) is 5.64. The lowest BCUT2D eigenvalue weighted by molar-refractivity contribution is -0.386. The summed E-state index contributed by atoms with van der Waals surface area (Å²) in [5, 5.41) is 19.8. The fraction of sp³-hybridized carbons (Fsp3) is 0.0714. The first-order valence-electron chi connectivity index (χ1n) is 5.64. The molecule has 0 saturated heterocycles. The van der Waals surface area contributed by atoms with Crippen molar-refractivity contribution < 1.29 is 14.1 Å². The second-order valence-electron chi connectivity index (χ2n) is 4.07. The Morgan fingerprint density at radius 3 is 2.75 bits per heavy atom. The summed E-state index contributed by atoms with van der Waals surface area (Å²) in [5.41, 5.74) is 0.329. The minimum absolute atomic E-state index is 0.00416. The van der Waals surface area contributed by atoms with Crippen LogP contribution in [0, 0.1) is 34.2 Å². The maximum Gasteiger partial charge on any atom is 0.314 e. The average molecular weight is 272 g/mol. The maximum absolute atomic E-state index is 13.3. The summed E-state index contributed by atoms with van der Waals surface area (Å²) in [4.78, 5) is 10.5. The molecule has 100 valence electrons. The van der Waals surface area contributed by atoms with Crippen LogP contribution in [-0.4, -0.2) is 4.92 Å².